The predicted octanol–water partition coefficient (Wildman–Crippen LogP) is 1.65. The number of nitrogens with zero attached hydrogens (tertiary/aromatic N) is 2. The smallest absolute Gasteiger partial charge is 0.231 e. The van der Waals surface area contributed by atoms with Gasteiger partial charge in [-0.3, -0.25) is 14.6 Å². The molecule has 0 atom stereocenters. The van der Waals surface area contributed by atoms with Crippen molar-refractivity contribution < 1.29 is 9.59 Å². The van der Waals surface area contributed by atoms with Crippen molar-refractivity contribution in [2.75, 3.05) is 18.4 Å². The van der Waals surface area contributed by atoms with E-state index in [2.05, 4.69) is 10.3 Å². The molecule has 20 heavy (non-hydrogen) atoms. The van der Waals surface area contributed by atoms with Gasteiger partial charge in [-0.2, -0.15) is 0 Å². The molecule has 0 spiro atoms. The summed E-state index contributed by atoms with van der Waals surface area (Å²) in [7, 11) is 0. The first-order valence-electron chi connectivity index (χ1n) is 6.55. The van der Waals surface area contributed by atoms with E-state index in [0.717, 1.165) is 16.6 Å². The van der Waals surface area contributed by atoms with Crippen LogP contribution in [0.5, 0.6) is 0 Å². The predicted molar refractivity (Wildman–Crippen MR) is 76.1 cm³/mol. The van der Waals surface area contributed by atoms with Crippen molar-refractivity contribution in [3.63, 3.8) is 0 Å². The van der Waals surface area contributed by atoms with Crippen LogP contribution < -0.4 is 5.32 Å². The molecule has 1 N–H and O–H groups in total. The van der Waals surface area contributed by atoms with Gasteiger partial charge in [0, 0.05) is 31.6 Å². The Bertz CT molecular complexity index is 672. The molecular weight excluding hydrogens is 254 g/mol. The Hall–Kier alpha value is -2.43. The van der Waals surface area contributed by atoms with Crippen LogP contribution in [0, 0.1) is 5.92 Å². The van der Waals surface area contributed by atoms with Crippen molar-refractivity contribution in [3.05, 3.63) is 36.5 Å². The monoisotopic (exact) mass is 269 g/mol. The van der Waals surface area contributed by atoms with Crippen molar-refractivity contribution in [3.8, 4) is 0 Å². The van der Waals surface area contributed by atoms with E-state index >= 15 is 0 Å². The SMILES string of the molecule is CC(=O)N1CC(C(=O)Nc2cccc3ncccc23)C1. The highest BCUT2D eigenvalue weighted by molar-refractivity contribution is 6.02. The minimum absolute atomic E-state index is 0.0170. The first-order valence-corrected chi connectivity index (χ1v) is 6.55. The van der Waals surface area contributed by atoms with Crippen molar-refractivity contribution >= 4 is 28.4 Å². The molecule has 2 amide bonds. The molecule has 1 saturated heterocycles. The van der Waals surface area contributed by atoms with E-state index in [0.29, 0.717) is 13.1 Å². The third-order valence-corrected chi connectivity index (χ3v) is 3.60. The fourth-order valence-corrected chi connectivity index (χ4v) is 2.35. The van der Waals surface area contributed by atoms with Crippen LogP contribution in [-0.2, 0) is 9.59 Å². The number of anilines is 1. The Labute approximate surface area is 116 Å². The summed E-state index contributed by atoms with van der Waals surface area (Å²) in [5, 5.41) is 3.85. The zero-order chi connectivity index (χ0) is 14.1. The van der Waals surface area contributed by atoms with E-state index in [9.17, 15) is 9.59 Å². The maximum Gasteiger partial charge on any atom is 0.231 e. The Morgan fingerprint density at radius 1 is 1.25 bits per heavy atom. The largest absolute Gasteiger partial charge is 0.341 e. The van der Waals surface area contributed by atoms with E-state index in [1.54, 1.807) is 11.1 Å². The van der Waals surface area contributed by atoms with Gasteiger partial charge >= 0.3 is 0 Å². The fraction of sp³-hybridized carbons (Fsp3) is 0.267. The molecule has 102 valence electrons. The molecular formula is C15H15N3O2. The number of likely N-dealkylation sites (tertiary alicyclic amines) is 1. The van der Waals surface area contributed by atoms with Gasteiger partial charge in [-0.05, 0) is 24.3 Å². The van der Waals surface area contributed by atoms with Gasteiger partial charge in [0.05, 0.1) is 17.1 Å². The first-order chi connectivity index (χ1) is 9.65. The molecule has 1 aliphatic heterocycles. The van der Waals surface area contributed by atoms with Crippen LogP contribution in [0.2, 0.25) is 0 Å². The van der Waals surface area contributed by atoms with Gasteiger partial charge in [-0.1, -0.05) is 6.07 Å². The molecule has 0 aliphatic carbocycles. The van der Waals surface area contributed by atoms with Crippen molar-refractivity contribution in [2.24, 2.45) is 5.92 Å². The van der Waals surface area contributed by atoms with Gasteiger partial charge < -0.3 is 10.2 Å². The van der Waals surface area contributed by atoms with Gasteiger partial charge in [0.1, 0.15) is 0 Å². The average Bonchev–Trinajstić information content (AvgIpc) is 2.37. The normalized spacial score (nSPS) is 14.9. The molecule has 1 aliphatic rings. The van der Waals surface area contributed by atoms with Crippen molar-refractivity contribution in [2.45, 2.75) is 6.92 Å². The second-order valence-corrected chi connectivity index (χ2v) is 4.99. The maximum absolute atomic E-state index is 12.1. The number of benzene rings is 1. The van der Waals surface area contributed by atoms with Crippen LogP contribution in [0.3, 0.4) is 0 Å². The molecule has 1 aromatic heterocycles. The average molecular weight is 269 g/mol. The van der Waals surface area contributed by atoms with E-state index in [1.807, 2.05) is 30.3 Å². The fourth-order valence-electron chi connectivity index (χ4n) is 2.35. The summed E-state index contributed by atoms with van der Waals surface area (Å²) in [4.78, 5) is 29.2. The summed E-state index contributed by atoms with van der Waals surface area (Å²) in [5.74, 6) is -0.145. The summed E-state index contributed by atoms with van der Waals surface area (Å²) in [6.45, 7) is 2.53. The molecule has 0 bridgehead atoms. The maximum atomic E-state index is 12.1. The van der Waals surface area contributed by atoms with Gasteiger partial charge in [0.2, 0.25) is 11.8 Å². The van der Waals surface area contributed by atoms with Gasteiger partial charge in [0.15, 0.2) is 0 Å². The van der Waals surface area contributed by atoms with Crippen LogP contribution in [-0.4, -0.2) is 34.8 Å². The number of amides is 2. The number of fused-ring (bicyclic) bond motifs is 1. The minimum Gasteiger partial charge on any atom is -0.341 e. The molecule has 2 heterocycles. The lowest BCUT2D eigenvalue weighted by molar-refractivity contribution is -0.139. The second kappa shape index (κ2) is 4.92. The van der Waals surface area contributed by atoms with E-state index in [4.69, 9.17) is 0 Å². The summed E-state index contributed by atoms with van der Waals surface area (Å²) >= 11 is 0. The highest BCUT2D eigenvalue weighted by atomic mass is 16.2. The highest BCUT2D eigenvalue weighted by Gasteiger charge is 2.34. The van der Waals surface area contributed by atoms with E-state index < -0.39 is 0 Å². The minimum atomic E-state index is -0.120. The van der Waals surface area contributed by atoms with Gasteiger partial charge in [-0.25, -0.2) is 0 Å². The van der Waals surface area contributed by atoms with Crippen LogP contribution in [0.4, 0.5) is 5.69 Å². The molecule has 1 fully saturated rings. The number of nitrogens with one attached hydrogen (secondary N) is 1. The second-order valence-electron chi connectivity index (χ2n) is 4.99. The lowest BCUT2D eigenvalue weighted by atomic mass is 9.99. The summed E-state index contributed by atoms with van der Waals surface area (Å²) in [5.41, 5.74) is 1.62. The third-order valence-electron chi connectivity index (χ3n) is 3.60. The molecule has 0 unspecified atom stereocenters. The van der Waals surface area contributed by atoms with Crippen LogP contribution in [0.25, 0.3) is 10.9 Å². The Morgan fingerprint density at radius 3 is 2.80 bits per heavy atom. The molecule has 0 radical (unpaired) electrons. The Morgan fingerprint density at radius 2 is 2.05 bits per heavy atom. The quantitative estimate of drug-likeness (QED) is 0.901. The molecule has 1 aromatic carbocycles. The zero-order valence-corrected chi connectivity index (χ0v) is 11.2. The highest BCUT2D eigenvalue weighted by Crippen LogP contribution is 2.23. The first kappa shape index (κ1) is 12.6. The van der Waals surface area contributed by atoms with Crippen LogP contribution >= 0.6 is 0 Å². The standard InChI is InChI=1S/C15H15N3O2/c1-10(19)18-8-11(9-18)15(20)17-14-6-2-5-13-12(14)4-3-7-16-13/h2-7,11H,8-9H2,1H3,(H,17,20). The summed E-state index contributed by atoms with van der Waals surface area (Å²) in [6.07, 6.45) is 1.73. The topological polar surface area (TPSA) is 62.3 Å². The van der Waals surface area contributed by atoms with E-state index in [-0.39, 0.29) is 17.7 Å². The summed E-state index contributed by atoms with van der Waals surface area (Å²) in [6, 6.07) is 9.42. The third kappa shape index (κ3) is 2.22. The number of carbonyl (C=O) groups excluding carboxylic acids is 2. The number of hydrogen-bond acceptors (Lipinski definition) is 3. The van der Waals surface area contributed by atoms with E-state index in [1.165, 1.54) is 6.92 Å². The molecule has 0 saturated carbocycles. The molecule has 5 nitrogen and oxygen atoms in total. The summed E-state index contributed by atoms with van der Waals surface area (Å²) < 4.78 is 0. The Balaban J connectivity index is 1.74. The van der Waals surface area contributed by atoms with Crippen LogP contribution in [0.1, 0.15) is 6.92 Å². The van der Waals surface area contributed by atoms with Crippen molar-refractivity contribution in [1.82, 2.24) is 9.88 Å². The van der Waals surface area contributed by atoms with Gasteiger partial charge in [-0.15, -0.1) is 0 Å². The van der Waals surface area contributed by atoms with Crippen LogP contribution in [0.15, 0.2) is 36.5 Å². The number of carbonyl (C=O) groups is 2. The lowest BCUT2D eigenvalue weighted by Gasteiger charge is -2.37. The number of aromatic nitrogens is 1. The molecule has 2 aromatic rings. The Kier molecular flexibility index (Phi) is 3.10. The lowest BCUT2D eigenvalue weighted by Crippen LogP contribution is -2.53. The number of pyridine rings is 1. The molecule has 5 heteroatoms. The van der Waals surface area contributed by atoms with Gasteiger partial charge in [0.25, 0.3) is 0 Å². The number of hydrogen-bond donors (Lipinski definition) is 1. The number of rotatable bonds is 2. The molecule has 3 rings (SSSR count). The zero-order valence-electron chi connectivity index (χ0n) is 11.2. The van der Waals surface area contributed by atoms with Crippen molar-refractivity contribution in [1.29, 1.82) is 0 Å².